The van der Waals surface area contributed by atoms with Crippen molar-refractivity contribution in [3.8, 4) is 0 Å². The van der Waals surface area contributed by atoms with Gasteiger partial charge in [0, 0.05) is 12.1 Å². The van der Waals surface area contributed by atoms with Gasteiger partial charge in [0.1, 0.15) is 11.6 Å². The monoisotopic (exact) mass is 210 g/mol. The van der Waals surface area contributed by atoms with E-state index in [-0.39, 0.29) is 12.1 Å². The molecule has 5 nitrogen and oxygen atoms in total. The molecule has 1 heterocycles. The zero-order valence-electron chi connectivity index (χ0n) is 9.20. The average molecular weight is 210 g/mol. The molecule has 0 aliphatic heterocycles. The summed E-state index contributed by atoms with van der Waals surface area (Å²) in [4.78, 5) is 8.06. The Bertz CT molecular complexity index is 318. The van der Waals surface area contributed by atoms with Crippen LogP contribution in [-0.2, 0) is 0 Å². The molecule has 1 aromatic rings. The highest BCUT2D eigenvalue weighted by Gasteiger charge is 2.21. The summed E-state index contributed by atoms with van der Waals surface area (Å²) in [5.74, 6) is 1.04. The van der Waals surface area contributed by atoms with Crippen LogP contribution in [0.15, 0.2) is 12.4 Å². The summed E-state index contributed by atoms with van der Waals surface area (Å²) in [5, 5.41) is 12.2. The predicted molar refractivity (Wildman–Crippen MR) is 60.5 cm³/mol. The quantitative estimate of drug-likeness (QED) is 0.675. The van der Waals surface area contributed by atoms with E-state index < -0.39 is 0 Å². The normalized spacial score (nSPS) is 14.6. The van der Waals surface area contributed by atoms with Crippen molar-refractivity contribution in [2.24, 2.45) is 0 Å². The summed E-state index contributed by atoms with van der Waals surface area (Å²) in [6.07, 6.45) is 4.69. The van der Waals surface area contributed by atoms with E-state index in [1.165, 1.54) is 6.20 Å². The number of hydrogen-bond acceptors (Lipinski definition) is 5. The summed E-state index contributed by atoms with van der Waals surface area (Å²) in [6, 6.07) is 0. The Morgan fingerprint density at radius 2 is 2.27 bits per heavy atom. The third-order valence-corrected chi connectivity index (χ3v) is 2.53. The fraction of sp³-hybridized carbons (Fsp3) is 0.600. The van der Waals surface area contributed by atoms with E-state index in [0.29, 0.717) is 18.1 Å². The Hall–Kier alpha value is -1.36. The molecule has 0 fully saturated rings. The largest absolute Gasteiger partial charge is 0.396 e. The number of nitrogens with zero attached hydrogens (tertiary/aromatic N) is 2. The van der Waals surface area contributed by atoms with Crippen LogP contribution in [0, 0.1) is 0 Å². The number of rotatable bonds is 5. The molecular weight excluding hydrogens is 192 g/mol. The van der Waals surface area contributed by atoms with Gasteiger partial charge >= 0.3 is 0 Å². The van der Waals surface area contributed by atoms with E-state index in [9.17, 15) is 0 Å². The molecule has 84 valence electrons. The Morgan fingerprint density at radius 3 is 2.80 bits per heavy atom. The van der Waals surface area contributed by atoms with Crippen molar-refractivity contribution >= 4 is 11.6 Å². The smallest absolute Gasteiger partial charge is 0.147 e. The highest BCUT2D eigenvalue weighted by Crippen LogP contribution is 2.20. The highest BCUT2D eigenvalue weighted by atomic mass is 16.3. The molecule has 1 aromatic heterocycles. The van der Waals surface area contributed by atoms with Crippen molar-refractivity contribution < 1.29 is 5.11 Å². The number of nitrogen functional groups attached to an aromatic ring is 1. The van der Waals surface area contributed by atoms with Crippen LogP contribution in [0.4, 0.5) is 11.6 Å². The molecule has 4 N–H and O–H groups in total. The fourth-order valence-electron chi connectivity index (χ4n) is 1.32. The van der Waals surface area contributed by atoms with Crippen molar-refractivity contribution in [2.75, 3.05) is 17.7 Å². The van der Waals surface area contributed by atoms with Crippen molar-refractivity contribution in [1.82, 2.24) is 9.97 Å². The highest BCUT2D eigenvalue weighted by molar-refractivity contribution is 5.40. The Labute approximate surface area is 89.7 Å². The fourth-order valence-corrected chi connectivity index (χ4v) is 1.32. The summed E-state index contributed by atoms with van der Waals surface area (Å²) < 4.78 is 0. The molecule has 0 bridgehead atoms. The summed E-state index contributed by atoms with van der Waals surface area (Å²) in [5.41, 5.74) is 5.36. The number of nitrogens with two attached hydrogens (primary N) is 1. The molecule has 5 heteroatoms. The molecule has 0 saturated heterocycles. The maximum atomic E-state index is 8.96. The first-order valence-corrected chi connectivity index (χ1v) is 5.06. The van der Waals surface area contributed by atoms with Gasteiger partial charge in [0.2, 0.25) is 0 Å². The lowest BCUT2D eigenvalue weighted by molar-refractivity contribution is 0.252. The number of aliphatic hydroxyl groups excluding tert-OH is 1. The van der Waals surface area contributed by atoms with E-state index in [2.05, 4.69) is 22.2 Å². The van der Waals surface area contributed by atoms with E-state index in [0.717, 1.165) is 6.42 Å². The number of hydrogen-bond donors (Lipinski definition) is 3. The first kappa shape index (κ1) is 11.7. The molecule has 0 radical (unpaired) electrons. The minimum Gasteiger partial charge on any atom is -0.396 e. The second-order valence-electron chi connectivity index (χ2n) is 3.84. The molecule has 0 spiro atoms. The number of aromatic nitrogens is 2. The molecule has 1 unspecified atom stereocenters. The van der Waals surface area contributed by atoms with Gasteiger partial charge in [0.25, 0.3) is 0 Å². The Kier molecular flexibility index (Phi) is 3.85. The van der Waals surface area contributed by atoms with E-state index in [4.69, 9.17) is 10.8 Å². The predicted octanol–water partition coefficient (Wildman–Crippen LogP) is 1.02. The first-order valence-electron chi connectivity index (χ1n) is 5.06. The molecule has 0 aliphatic carbocycles. The topological polar surface area (TPSA) is 84.1 Å². The summed E-state index contributed by atoms with van der Waals surface area (Å²) in [6.45, 7) is 4.24. The van der Waals surface area contributed by atoms with Gasteiger partial charge in [-0.2, -0.15) is 0 Å². The van der Waals surface area contributed by atoms with Gasteiger partial charge in [0.15, 0.2) is 0 Å². The first-order chi connectivity index (χ1) is 7.09. The van der Waals surface area contributed by atoms with Crippen molar-refractivity contribution in [1.29, 1.82) is 0 Å². The SMILES string of the molecule is CCC(C)(CCO)Nc1cncc(N)n1. The van der Waals surface area contributed by atoms with Crippen LogP contribution >= 0.6 is 0 Å². The zero-order valence-corrected chi connectivity index (χ0v) is 9.20. The lowest BCUT2D eigenvalue weighted by Crippen LogP contribution is -2.35. The maximum Gasteiger partial charge on any atom is 0.147 e. The van der Waals surface area contributed by atoms with Gasteiger partial charge in [0.05, 0.1) is 12.4 Å². The van der Waals surface area contributed by atoms with E-state index in [1.807, 2.05) is 6.92 Å². The lowest BCUT2D eigenvalue weighted by Gasteiger charge is -2.29. The Balaban J connectivity index is 2.74. The van der Waals surface area contributed by atoms with Crippen LogP contribution in [0.3, 0.4) is 0 Å². The molecule has 15 heavy (non-hydrogen) atoms. The third-order valence-electron chi connectivity index (χ3n) is 2.53. The molecule has 1 rings (SSSR count). The standard InChI is InChI=1S/C10H18N4O/c1-3-10(2,4-5-15)14-9-7-12-6-8(11)13-9/h6-7,15H,3-5H2,1-2H3,(H3,11,13,14). The number of anilines is 2. The Morgan fingerprint density at radius 1 is 1.53 bits per heavy atom. The average Bonchev–Trinajstić information content (AvgIpc) is 2.18. The maximum absolute atomic E-state index is 8.96. The molecule has 0 aliphatic rings. The number of aliphatic hydroxyl groups is 1. The third kappa shape index (κ3) is 3.36. The summed E-state index contributed by atoms with van der Waals surface area (Å²) >= 11 is 0. The van der Waals surface area contributed by atoms with Crippen molar-refractivity contribution in [3.63, 3.8) is 0 Å². The van der Waals surface area contributed by atoms with Gasteiger partial charge in [-0.1, -0.05) is 6.92 Å². The van der Waals surface area contributed by atoms with Crippen LogP contribution < -0.4 is 11.1 Å². The van der Waals surface area contributed by atoms with Crippen LogP contribution in [0.2, 0.25) is 0 Å². The van der Waals surface area contributed by atoms with Gasteiger partial charge in [-0.25, -0.2) is 4.98 Å². The minimum absolute atomic E-state index is 0.146. The van der Waals surface area contributed by atoms with Crippen LogP contribution in [0.25, 0.3) is 0 Å². The van der Waals surface area contributed by atoms with Crippen molar-refractivity contribution in [2.45, 2.75) is 32.2 Å². The van der Waals surface area contributed by atoms with Crippen molar-refractivity contribution in [3.05, 3.63) is 12.4 Å². The lowest BCUT2D eigenvalue weighted by atomic mass is 9.95. The number of nitrogens with one attached hydrogen (secondary N) is 1. The summed E-state index contributed by atoms with van der Waals surface area (Å²) in [7, 11) is 0. The van der Waals surface area contributed by atoms with E-state index in [1.54, 1.807) is 6.20 Å². The molecule has 0 amide bonds. The molecule has 0 aromatic carbocycles. The minimum atomic E-state index is -0.169. The van der Waals surface area contributed by atoms with Crippen LogP contribution in [0.5, 0.6) is 0 Å². The van der Waals surface area contributed by atoms with Gasteiger partial charge in [-0.3, -0.25) is 4.98 Å². The van der Waals surface area contributed by atoms with Crippen LogP contribution in [0.1, 0.15) is 26.7 Å². The van der Waals surface area contributed by atoms with Crippen LogP contribution in [-0.4, -0.2) is 27.2 Å². The van der Waals surface area contributed by atoms with Gasteiger partial charge in [-0.15, -0.1) is 0 Å². The van der Waals surface area contributed by atoms with E-state index >= 15 is 0 Å². The van der Waals surface area contributed by atoms with Gasteiger partial charge < -0.3 is 16.2 Å². The molecule has 1 atom stereocenters. The second kappa shape index (κ2) is 4.93. The zero-order chi connectivity index (χ0) is 11.3. The molecule has 0 saturated carbocycles. The molecular formula is C10H18N4O. The van der Waals surface area contributed by atoms with Gasteiger partial charge in [-0.05, 0) is 19.8 Å². The second-order valence-corrected chi connectivity index (χ2v) is 3.84.